The first-order valence-corrected chi connectivity index (χ1v) is 13.0. The molecular formula is C30H39N5. The number of aromatic amines is 1. The van der Waals surface area contributed by atoms with Gasteiger partial charge in [0.1, 0.15) is 5.82 Å². The maximum atomic E-state index is 5.29. The van der Waals surface area contributed by atoms with Crippen molar-refractivity contribution in [3.8, 4) is 22.6 Å². The molecule has 5 heteroatoms. The Labute approximate surface area is 210 Å². The van der Waals surface area contributed by atoms with E-state index >= 15 is 0 Å². The fourth-order valence-corrected chi connectivity index (χ4v) is 4.68. The average Bonchev–Trinajstić information content (AvgIpc) is 3.41. The summed E-state index contributed by atoms with van der Waals surface area (Å²) < 4.78 is 2.48. The molecule has 0 unspecified atom stereocenters. The molecule has 2 heterocycles. The number of hydrogen-bond acceptors (Lipinski definition) is 3. The molecule has 0 saturated carbocycles. The van der Waals surface area contributed by atoms with Crippen LogP contribution in [0.4, 0.5) is 0 Å². The highest BCUT2D eigenvalue weighted by Crippen LogP contribution is 2.31. The first-order chi connectivity index (χ1) is 17.1. The molecule has 0 radical (unpaired) electrons. The number of rotatable bonds is 12. The van der Waals surface area contributed by atoms with Gasteiger partial charge in [-0.05, 0) is 33.2 Å². The molecule has 0 amide bonds. The van der Waals surface area contributed by atoms with E-state index in [1.807, 2.05) is 0 Å². The smallest absolute Gasteiger partial charge is 0.140 e. The van der Waals surface area contributed by atoms with Crippen LogP contribution < -0.4 is 0 Å². The van der Waals surface area contributed by atoms with Crippen LogP contribution in [0.5, 0.6) is 0 Å². The highest BCUT2D eigenvalue weighted by molar-refractivity contribution is 5.68. The van der Waals surface area contributed by atoms with Gasteiger partial charge in [-0.15, -0.1) is 0 Å². The number of aromatic nitrogens is 4. The lowest BCUT2D eigenvalue weighted by Gasteiger charge is -2.24. The Bertz CT molecular complexity index is 1170. The minimum atomic E-state index is 0.859. The quantitative estimate of drug-likeness (QED) is 0.239. The first kappa shape index (κ1) is 24.9. The van der Waals surface area contributed by atoms with Crippen LogP contribution in [0.2, 0.25) is 0 Å². The van der Waals surface area contributed by atoms with Crippen molar-refractivity contribution < 1.29 is 0 Å². The van der Waals surface area contributed by atoms with Gasteiger partial charge in [-0.25, -0.2) is 4.98 Å². The number of nitrogens with zero attached hydrogens (tertiary/aromatic N) is 4. The summed E-state index contributed by atoms with van der Waals surface area (Å²) in [5, 5.41) is 7.62. The van der Waals surface area contributed by atoms with Gasteiger partial charge in [-0.2, -0.15) is 5.10 Å². The molecule has 0 aliphatic heterocycles. The summed E-state index contributed by atoms with van der Waals surface area (Å²) in [6.45, 7) is 12.5. The van der Waals surface area contributed by atoms with E-state index in [1.54, 1.807) is 0 Å². The van der Waals surface area contributed by atoms with E-state index in [1.165, 1.54) is 35.2 Å². The molecule has 4 aromatic rings. The van der Waals surface area contributed by atoms with Crippen molar-refractivity contribution in [3.63, 3.8) is 0 Å². The monoisotopic (exact) mass is 469 g/mol. The third-order valence-corrected chi connectivity index (χ3v) is 6.75. The second kappa shape index (κ2) is 12.0. The Morgan fingerprint density at radius 1 is 0.829 bits per heavy atom. The van der Waals surface area contributed by atoms with Crippen molar-refractivity contribution in [1.82, 2.24) is 24.6 Å². The third-order valence-electron chi connectivity index (χ3n) is 6.75. The maximum Gasteiger partial charge on any atom is 0.140 e. The second-order valence-electron chi connectivity index (χ2n) is 9.44. The molecule has 35 heavy (non-hydrogen) atoms. The van der Waals surface area contributed by atoms with Gasteiger partial charge in [-0.1, -0.05) is 87.4 Å². The van der Waals surface area contributed by atoms with Gasteiger partial charge in [0, 0.05) is 42.0 Å². The number of hydrogen-bond donors (Lipinski definition) is 1. The zero-order valence-corrected chi connectivity index (χ0v) is 21.7. The van der Waals surface area contributed by atoms with Crippen molar-refractivity contribution in [3.05, 3.63) is 83.3 Å². The molecule has 0 atom stereocenters. The van der Waals surface area contributed by atoms with Gasteiger partial charge in [-0.3, -0.25) is 10.00 Å². The van der Waals surface area contributed by atoms with Crippen molar-refractivity contribution in [2.45, 2.75) is 73.0 Å². The maximum absolute atomic E-state index is 5.29. The van der Waals surface area contributed by atoms with Crippen molar-refractivity contribution in [2.24, 2.45) is 0 Å². The molecule has 4 rings (SSSR count). The molecule has 5 nitrogen and oxygen atoms in total. The Kier molecular flexibility index (Phi) is 8.54. The molecule has 1 N–H and O–H groups in total. The fraction of sp³-hybridized carbons (Fsp3) is 0.400. The molecule has 2 aromatic carbocycles. The lowest BCUT2D eigenvalue weighted by Crippen LogP contribution is -2.26. The van der Waals surface area contributed by atoms with E-state index in [9.17, 15) is 0 Å². The topological polar surface area (TPSA) is 49.7 Å². The number of nitrogens with one attached hydrogen (secondary N) is 1. The number of unbranched alkanes of at least 4 members (excludes halogenated alkanes) is 2. The minimum absolute atomic E-state index is 0.859. The standard InChI is InChI=1S/C30H39N5/c1-5-7-19-34(21-27-23(3)32-33-24(27)4)22-28-29(25-15-11-9-12-16-25)31-30(35(28)20-8-6-2)26-17-13-10-14-18-26/h9-18H,5-8,19-22H2,1-4H3,(H,32,33). The fourth-order valence-electron chi connectivity index (χ4n) is 4.68. The average molecular weight is 470 g/mol. The van der Waals surface area contributed by atoms with Crippen LogP contribution in [0.1, 0.15) is 62.2 Å². The Balaban J connectivity index is 1.81. The minimum Gasteiger partial charge on any atom is -0.326 e. The summed E-state index contributed by atoms with van der Waals surface area (Å²) in [6, 6.07) is 21.3. The molecule has 0 spiro atoms. The van der Waals surface area contributed by atoms with E-state index in [0.717, 1.165) is 61.9 Å². The van der Waals surface area contributed by atoms with E-state index in [4.69, 9.17) is 4.98 Å². The van der Waals surface area contributed by atoms with E-state index in [-0.39, 0.29) is 0 Å². The van der Waals surface area contributed by atoms with Crippen molar-refractivity contribution in [1.29, 1.82) is 0 Å². The summed E-state index contributed by atoms with van der Waals surface area (Å²) >= 11 is 0. The zero-order valence-electron chi connectivity index (χ0n) is 21.7. The number of benzene rings is 2. The summed E-state index contributed by atoms with van der Waals surface area (Å²) in [5.41, 5.74) is 8.33. The highest BCUT2D eigenvalue weighted by Gasteiger charge is 2.22. The van der Waals surface area contributed by atoms with Gasteiger partial charge in [0.05, 0.1) is 17.1 Å². The normalized spacial score (nSPS) is 11.5. The van der Waals surface area contributed by atoms with E-state index in [2.05, 4.69) is 108 Å². The summed E-state index contributed by atoms with van der Waals surface area (Å²) in [5.74, 6) is 1.07. The SMILES string of the molecule is CCCCN(Cc1c(C)n[nH]c1C)Cc1c(-c2ccccc2)nc(-c2ccccc2)n1CCCC. The van der Waals surface area contributed by atoms with Gasteiger partial charge in [0.25, 0.3) is 0 Å². The summed E-state index contributed by atoms with van der Waals surface area (Å²) in [6.07, 6.45) is 4.63. The Hall–Kier alpha value is -3.18. The molecule has 0 saturated heterocycles. The van der Waals surface area contributed by atoms with Gasteiger partial charge >= 0.3 is 0 Å². The van der Waals surface area contributed by atoms with Crippen molar-refractivity contribution in [2.75, 3.05) is 6.54 Å². The van der Waals surface area contributed by atoms with Gasteiger partial charge in [0.15, 0.2) is 0 Å². The highest BCUT2D eigenvalue weighted by atomic mass is 15.2. The van der Waals surface area contributed by atoms with Gasteiger partial charge in [0.2, 0.25) is 0 Å². The first-order valence-electron chi connectivity index (χ1n) is 13.0. The summed E-state index contributed by atoms with van der Waals surface area (Å²) in [4.78, 5) is 7.87. The molecule has 2 aromatic heterocycles. The predicted octanol–water partition coefficient (Wildman–Crippen LogP) is 7.16. The third kappa shape index (κ3) is 5.91. The van der Waals surface area contributed by atoms with Crippen LogP contribution in [-0.2, 0) is 19.6 Å². The van der Waals surface area contributed by atoms with Crippen molar-refractivity contribution >= 4 is 0 Å². The molecule has 0 aliphatic carbocycles. The van der Waals surface area contributed by atoms with Crippen LogP contribution in [0.25, 0.3) is 22.6 Å². The molecule has 0 aliphatic rings. The second-order valence-corrected chi connectivity index (χ2v) is 9.44. The van der Waals surface area contributed by atoms with E-state index in [0.29, 0.717) is 0 Å². The van der Waals surface area contributed by atoms with Gasteiger partial charge < -0.3 is 4.57 Å². The number of aryl methyl sites for hydroxylation is 2. The lowest BCUT2D eigenvalue weighted by atomic mass is 10.1. The van der Waals surface area contributed by atoms with Crippen LogP contribution in [0.15, 0.2) is 60.7 Å². The van der Waals surface area contributed by atoms with E-state index < -0.39 is 0 Å². The Morgan fingerprint density at radius 3 is 2.09 bits per heavy atom. The van der Waals surface area contributed by atoms with Crippen LogP contribution >= 0.6 is 0 Å². The molecule has 184 valence electrons. The zero-order chi connectivity index (χ0) is 24.6. The lowest BCUT2D eigenvalue weighted by molar-refractivity contribution is 0.245. The van der Waals surface area contributed by atoms with Crippen LogP contribution in [-0.4, -0.2) is 31.2 Å². The molecular weight excluding hydrogens is 430 g/mol. The molecule has 0 fully saturated rings. The van der Waals surface area contributed by atoms with Crippen LogP contribution in [0.3, 0.4) is 0 Å². The number of imidazole rings is 1. The summed E-state index contributed by atoms with van der Waals surface area (Å²) in [7, 11) is 0. The largest absolute Gasteiger partial charge is 0.326 e. The molecule has 0 bridgehead atoms. The predicted molar refractivity (Wildman–Crippen MR) is 145 cm³/mol. The Morgan fingerprint density at radius 2 is 1.49 bits per heavy atom. The van der Waals surface area contributed by atoms with Crippen LogP contribution in [0, 0.1) is 13.8 Å². The number of H-pyrrole nitrogens is 1.